The first-order valence-corrected chi connectivity index (χ1v) is 8.19. The van der Waals surface area contributed by atoms with Gasteiger partial charge in [-0.15, -0.1) is 0 Å². The minimum Gasteiger partial charge on any atom is -0.318 e. The summed E-state index contributed by atoms with van der Waals surface area (Å²) in [7, 11) is 0. The van der Waals surface area contributed by atoms with Crippen LogP contribution in [0.1, 0.15) is 12.0 Å². The van der Waals surface area contributed by atoms with Crippen LogP contribution in [0.25, 0.3) is 0 Å². The van der Waals surface area contributed by atoms with E-state index in [1.165, 1.54) is 0 Å². The molecular weight excluding hydrogens is 391 g/mol. The molecule has 0 atom stereocenters. The van der Waals surface area contributed by atoms with E-state index in [4.69, 9.17) is 0 Å². The average molecular weight is 406 g/mol. The van der Waals surface area contributed by atoms with Crippen molar-refractivity contribution in [3.8, 4) is 0 Å². The fourth-order valence-corrected chi connectivity index (χ4v) is 2.94. The van der Waals surface area contributed by atoms with Gasteiger partial charge in [0.15, 0.2) is 0 Å². The van der Waals surface area contributed by atoms with Gasteiger partial charge in [-0.2, -0.15) is 0 Å². The van der Waals surface area contributed by atoms with Gasteiger partial charge in [-0.1, -0.05) is 18.2 Å². The molecule has 1 heterocycles. The molecule has 2 aromatic rings. The largest absolute Gasteiger partial charge is 0.318 e. The summed E-state index contributed by atoms with van der Waals surface area (Å²) in [5.41, 5.74) is 2.59. The zero-order valence-corrected chi connectivity index (χ0v) is 14.0. The Morgan fingerprint density at radius 2 is 1.77 bits per heavy atom. The van der Waals surface area contributed by atoms with Gasteiger partial charge in [0.25, 0.3) is 0 Å². The van der Waals surface area contributed by atoms with Gasteiger partial charge in [0.2, 0.25) is 0 Å². The molecule has 0 bridgehead atoms. The van der Waals surface area contributed by atoms with Crippen molar-refractivity contribution in [2.24, 2.45) is 0 Å². The summed E-state index contributed by atoms with van der Waals surface area (Å²) in [6, 6.07) is 15.1. The van der Waals surface area contributed by atoms with E-state index in [0.29, 0.717) is 12.2 Å². The van der Waals surface area contributed by atoms with Crippen LogP contribution in [-0.4, -0.2) is 18.4 Å². The number of para-hydroxylation sites is 1. The first-order valence-electron chi connectivity index (χ1n) is 7.11. The summed E-state index contributed by atoms with van der Waals surface area (Å²) >= 11 is 2.19. The van der Waals surface area contributed by atoms with E-state index in [9.17, 15) is 9.59 Å². The van der Waals surface area contributed by atoms with Crippen LogP contribution < -0.4 is 10.2 Å². The predicted molar refractivity (Wildman–Crippen MR) is 94.9 cm³/mol. The molecule has 112 valence electrons. The van der Waals surface area contributed by atoms with Crippen molar-refractivity contribution >= 4 is 45.8 Å². The van der Waals surface area contributed by atoms with Crippen molar-refractivity contribution in [3.63, 3.8) is 0 Å². The SMILES string of the molecule is O=C(Nc1ccc(I)cc1)C(=O)N1CCCc2ccccc21. The van der Waals surface area contributed by atoms with Crippen LogP contribution >= 0.6 is 22.6 Å². The summed E-state index contributed by atoms with van der Waals surface area (Å²) < 4.78 is 1.08. The normalized spacial score (nSPS) is 13.4. The van der Waals surface area contributed by atoms with Gasteiger partial charge in [-0.3, -0.25) is 9.59 Å². The van der Waals surface area contributed by atoms with Gasteiger partial charge < -0.3 is 10.2 Å². The molecule has 0 saturated heterocycles. The molecule has 0 spiro atoms. The van der Waals surface area contributed by atoms with Crippen molar-refractivity contribution in [3.05, 3.63) is 57.7 Å². The number of amides is 2. The minimum absolute atomic E-state index is 0.509. The molecule has 2 amide bonds. The Bertz CT molecular complexity index is 713. The molecule has 0 aliphatic carbocycles. The standard InChI is InChI=1S/C17H15IN2O2/c18-13-7-9-14(10-8-13)19-16(21)17(22)20-11-3-5-12-4-1-2-6-15(12)20/h1-2,4,6-10H,3,5,11H2,(H,19,21). The molecule has 0 aromatic heterocycles. The van der Waals surface area contributed by atoms with Gasteiger partial charge in [0.05, 0.1) is 0 Å². The lowest BCUT2D eigenvalue weighted by Crippen LogP contribution is -2.42. The van der Waals surface area contributed by atoms with Crippen molar-refractivity contribution < 1.29 is 9.59 Å². The van der Waals surface area contributed by atoms with E-state index in [1.54, 1.807) is 17.0 Å². The predicted octanol–water partition coefficient (Wildman–Crippen LogP) is 3.21. The molecular formula is C17H15IN2O2. The maximum Gasteiger partial charge on any atom is 0.316 e. The number of rotatable bonds is 1. The van der Waals surface area contributed by atoms with Crippen molar-refractivity contribution in [1.29, 1.82) is 0 Å². The van der Waals surface area contributed by atoms with Crippen molar-refractivity contribution in [2.45, 2.75) is 12.8 Å². The lowest BCUT2D eigenvalue weighted by atomic mass is 10.0. The summed E-state index contributed by atoms with van der Waals surface area (Å²) in [6.45, 7) is 0.579. The van der Waals surface area contributed by atoms with Gasteiger partial charge in [0.1, 0.15) is 0 Å². The van der Waals surface area contributed by atoms with Crippen LogP contribution in [0.2, 0.25) is 0 Å². The third-order valence-corrected chi connectivity index (χ3v) is 4.37. The molecule has 0 saturated carbocycles. The van der Waals surface area contributed by atoms with Gasteiger partial charge in [-0.05, 0) is 71.3 Å². The highest BCUT2D eigenvalue weighted by atomic mass is 127. The van der Waals surface area contributed by atoms with Gasteiger partial charge >= 0.3 is 11.8 Å². The van der Waals surface area contributed by atoms with Crippen LogP contribution in [0.5, 0.6) is 0 Å². The second-order valence-electron chi connectivity index (χ2n) is 5.15. The van der Waals surface area contributed by atoms with Crippen LogP contribution in [-0.2, 0) is 16.0 Å². The van der Waals surface area contributed by atoms with E-state index in [2.05, 4.69) is 27.9 Å². The topological polar surface area (TPSA) is 49.4 Å². The number of aryl methyl sites for hydroxylation is 1. The van der Waals surface area contributed by atoms with E-state index in [0.717, 1.165) is 27.7 Å². The Balaban J connectivity index is 1.77. The van der Waals surface area contributed by atoms with E-state index >= 15 is 0 Å². The minimum atomic E-state index is -0.599. The Morgan fingerprint density at radius 1 is 1.05 bits per heavy atom. The molecule has 3 rings (SSSR count). The first kappa shape index (κ1) is 15.0. The highest BCUT2D eigenvalue weighted by molar-refractivity contribution is 14.1. The zero-order chi connectivity index (χ0) is 15.5. The van der Waals surface area contributed by atoms with Crippen molar-refractivity contribution in [1.82, 2.24) is 0 Å². The molecule has 1 aliphatic heterocycles. The van der Waals surface area contributed by atoms with Crippen LogP contribution in [0.4, 0.5) is 11.4 Å². The lowest BCUT2D eigenvalue weighted by Gasteiger charge is -2.28. The number of carbonyl (C=O) groups excluding carboxylic acids is 2. The third kappa shape index (κ3) is 3.14. The van der Waals surface area contributed by atoms with Crippen LogP contribution in [0, 0.1) is 3.57 Å². The monoisotopic (exact) mass is 406 g/mol. The number of hydrogen-bond acceptors (Lipinski definition) is 2. The molecule has 22 heavy (non-hydrogen) atoms. The van der Waals surface area contributed by atoms with Crippen LogP contribution in [0.15, 0.2) is 48.5 Å². The molecule has 2 aromatic carbocycles. The molecule has 1 aliphatic rings. The molecule has 1 N–H and O–H groups in total. The second kappa shape index (κ2) is 6.48. The lowest BCUT2D eigenvalue weighted by molar-refractivity contribution is -0.134. The Kier molecular flexibility index (Phi) is 4.42. The summed E-state index contributed by atoms with van der Waals surface area (Å²) in [5, 5.41) is 2.66. The Hall–Kier alpha value is -1.89. The molecule has 0 radical (unpaired) electrons. The maximum absolute atomic E-state index is 12.4. The highest BCUT2D eigenvalue weighted by Crippen LogP contribution is 2.26. The van der Waals surface area contributed by atoms with E-state index in [-0.39, 0.29) is 0 Å². The summed E-state index contributed by atoms with van der Waals surface area (Å²) in [4.78, 5) is 26.2. The van der Waals surface area contributed by atoms with Gasteiger partial charge in [0, 0.05) is 21.5 Å². The smallest absolute Gasteiger partial charge is 0.316 e. The van der Waals surface area contributed by atoms with Gasteiger partial charge in [-0.25, -0.2) is 0 Å². The van der Waals surface area contributed by atoms with E-state index in [1.807, 2.05) is 36.4 Å². The Morgan fingerprint density at radius 3 is 2.55 bits per heavy atom. The van der Waals surface area contributed by atoms with E-state index < -0.39 is 11.8 Å². The summed E-state index contributed by atoms with van der Waals surface area (Å²) in [5.74, 6) is -1.11. The molecule has 4 nitrogen and oxygen atoms in total. The number of nitrogens with one attached hydrogen (secondary N) is 1. The molecule has 0 unspecified atom stereocenters. The quantitative estimate of drug-likeness (QED) is 0.584. The number of hydrogen-bond donors (Lipinski definition) is 1. The first-order chi connectivity index (χ1) is 10.6. The van der Waals surface area contributed by atoms with Crippen molar-refractivity contribution in [2.75, 3.05) is 16.8 Å². The zero-order valence-electron chi connectivity index (χ0n) is 11.9. The number of fused-ring (bicyclic) bond motifs is 1. The van der Waals surface area contributed by atoms with Crippen LogP contribution in [0.3, 0.4) is 0 Å². The maximum atomic E-state index is 12.4. The number of carbonyl (C=O) groups is 2. The fourth-order valence-electron chi connectivity index (χ4n) is 2.58. The number of nitrogens with zero attached hydrogens (tertiary/aromatic N) is 1. The number of anilines is 2. The molecule has 5 heteroatoms. The highest BCUT2D eigenvalue weighted by Gasteiger charge is 2.27. The number of benzene rings is 2. The number of halogens is 1. The second-order valence-corrected chi connectivity index (χ2v) is 6.40. The average Bonchev–Trinajstić information content (AvgIpc) is 2.55. The Labute approximate surface area is 142 Å². The summed E-state index contributed by atoms with van der Waals surface area (Å²) in [6.07, 6.45) is 1.82. The fraction of sp³-hybridized carbons (Fsp3) is 0.176. The third-order valence-electron chi connectivity index (χ3n) is 3.65. The molecule has 0 fully saturated rings.